The Morgan fingerprint density at radius 1 is 1.33 bits per heavy atom. The summed E-state index contributed by atoms with van der Waals surface area (Å²) < 4.78 is 50.2. The van der Waals surface area contributed by atoms with Gasteiger partial charge in [0.25, 0.3) is 0 Å². The van der Waals surface area contributed by atoms with E-state index in [2.05, 4.69) is 5.32 Å². The maximum atomic E-state index is 13.8. The first-order chi connectivity index (χ1) is 8.39. The minimum atomic E-state index is -3.10. The summed E-state index contributed by atoms with van der Waals surface area (Å²) in [6.45, 7) is 1.54. The third kappa shape index (κ3) is 2.80. The Hall–Kier alpha value is -1.17. The van der Waals surface area contributed by atoms with E-state index < -0.39 is 27.5 Å². The van der Waals surface area contributed by atoms with Crippen LogP contribution >= 0.6 is 0 Å². The first-order valence-electron chi connectivity index (χ1n) is 5.80. The molecule has 0 radical (unpaired) electrons. The van der Waals surface area contributed by atoms with Crippen LogP contribution in [-0.4, -0.2) is 26.0 Å². The number of rotatable bonds is 2. The van der Waals surface area contributed by atoms with E-state index in [1.807, 2.05) is 0 Å². The highest BCUT2D eigenvalue weighted by molar-refractivity contribution is 7.91. The molecule has 100 valence electrons. The van der Waals surface area contributed by atoms with Gasteiger partial charge < -0.3 is 5.32 Å². The molecule has 18 heavy (non-hydrogen) atoms. The molecule has 0 aromatic heterocycles. The fraction of sp³-hybridized carbons (Fsp3) is 0.500. The molecule has 1 unspecified atom stereocenters. The van der Waals surface area contributed by atoms with Gasteiger partial charge in [0, 0.05) is 6.04 Å². The van der Waals surface area contributed by atoms with Crippen LogP contribution < -0.4 is 5.32 Å². The lowest BCUT2D eigenvalue weighted by Gasteiger charge is -2.24. The molecule has 1 saturated heterocycles. The molecule has 0 aliphatic carbocycles. The SMILES string of the molecule is Cc1ccc(F)c(NC2CCCS(=O)(=O)C2)c1F. The lowest BCUT2D eigenvalue weighted by molar-refractivity contribution is 0.550. The number of hydrogen-bond acceptors (Lipinski definition) is 3. The van der Waals surface area contributed by atoms with Crippen molar-refractivity contribution in [2.75, 3.05) is 16.8 Å². The third-order valence-electron chi connectivity index (χ3n) is 3.10. The minimum Gasteiger partial charge on any atom is -0.377 e. The monoisotopic (exact) mass is 275 g/mol. The summed E-state index contributed by atoms with van der Waals surface area (Å²) >= 11 is 0. The van der Waals surface area contributed by atoms with E-state index >= 15 is 0 Å². The van der Waals surface area contributed by atoms with Gasteiger partial charge >= 0.3 is 0 Å². The lowest BCUT2D eigenvalue weighted by atomic mass is 10.1. The molecule has 1 aromatic rings. The van der Waals surface area contributed by atoms with E-state index in [4.69, 9.17) is 0 Å². The van der Waals surface area contributed by atoms with Crippen molar-refractivity contribution in [3.05, 3.63) is 29.3 Å². The topological polar surface area (TPSA) is 46.2 Å². The molecule has 1 heterocycles. The molecular weight excluding hydrogens is 260 g/mol. The van der Waals surface area contributed by atoms with Crippen molar-refractivity contribution in [3.8, 4) is 0 Å². The van der Waals surface area contributed by atoms with Crippen LogP contribution in [0.25, 0.3) is 0 Å². The van der Waals surface area contributed by atoms with E-state index in [0.717, 1.165) is 0 Å². The largest absolute Gasteiger partial charge is 0.377 e. The van der Waals surface area contributed by atoms with Crippen molar-refractivity contribution in [2.45, 2.75) is 25.8 Å². The number of halogens is 2. The first kappa shape index (κ1) is 13.3. The molecule has 1 aromatic carbocycles. The van der Waals surface area contributed by atoms with Gasteiger partial charge in [0.05, 0.1) is 11.5 Å². The Labute approximate surface area is 105 Å². The molecule has 1 fully saturated rings. The van der Waals surface area contributed by atoms with Crippen LogP contribution in [0.2, 0.25) is 0 Å². The molecule has 0 amide bonds. The fourth-order valence-corrected chi connectivity index (χ4v) is 3.77. The lowest BCUT2D eigenvalue weighted by Crippen LogP contribution is -2.35. The normalized spacial score (nSPS) is 22.7. The second kappa shape index (κ2) is 4.84. The van der Waals surface area contributed by atoms with Gasteiger partial charge in [-0.3, -0.25) is 0 Å². The van der Waals surface area contributed by atoms with Gasteiger partial charge in [-0.1, -0.05) is 6.07 Å². The summed E-state index contributed by atoms with van der Waals surface area (Å²) in [5.41, 5.74) is 0.106. The molecule has 1 aliphatic rings. The number of benzene rings is 1. The molecule has 1 N–H and O–H groups in total. The second-order valence-corrected chi connectivity index (χ2v) is 6.88. The van der Waals surface area contributed by atoms with Crippen molar-refractivity contribution >= 4 is 15.5 Å². The van der Waals surface area contributed by atoms with Crippen molar-refractivity contribution in [2.24, 2.45) is 0 Å². The van der Waals surface area contributed by atoms with E-state index in [-0.39, 0.29) is 17.2 Å². The molecule has 3 nitrogen and oxygen atoms in total. The average Bonchev–Trinajstić information content (AvgIpc) is 2.28. The van der Waals surface area contributed by atoms with Crippen LogP contribution in [0.3, 0.4) is 0 Å². The van der Waals surface area contributed by atoms with E-state index in [9.17, 15) is 17.2 Å². The summed E-state index contributed by atoms with van der Waals surface area (Å²) in [5, 5.41) is 2.68. The molecule has 0 bridgehead atoms. The Bertz CT molecular complexity index is 557. The van der Waals surface area contributed by atoms with E-state index in [1.54, 1.807) is 0 Å². The van der Waals surface area contributed by atoms with Crippen LogP contribution in [0.15, 0.2) is 12.1 Å². The number of hydrogen-bond donors (Lipinski definition) is 1. The van der Waals surface area contributed by atoms with Crippen LogP contribution in [0, 0.1) is 18.6 Å². The summed E-state index contributed by atoms with van der Waals surface area (Å²) in [5.74, 6) is -1.26. The highest BCUT2D eigenvalue weighted by Gasteiger charge is 2.26. The van der Waals surface area contributed by atoms with E-state index in [1.165, 1.54) is 19.1 Å². The number of nitrogens with one attached hydrogen (secondary N) is 1. The number of aryl methyl sites for hydroxylation is 1. The van der Waals surface area contributed by atoms with Crippen LogP contribution in [0.5, 0.6) is 0 Å². The first-order valence-corrected chi connectivity index (χ1v) is 7.63. The summed E-state index contributed by atoms with van der Waals surface area (Å²) in [7, 11) is -3.10. The third-order valence-corrected chi connectivity index (χ3v) is 4.92. The summed E-state index contributed by atoms with van der Waals surface area (Å²) in [6, 6.07) is 2.11. The molecule has 1 aliphatic heterocycles. The predicted octanol–water partition coefficient (Wildman–Crippen LogP) is 2.26. The Morgan fingerprint density at radius 2 is 2.06 bits per heavy atom. The zero-order valence-electron chi connectivity index (χ0n) is 10.0. The van der Waals surface area contributed by atoms with Crippen molar-refractivity contribution in [3.63, 3.8) is 0 Å². The van der Waals surface area contributed by atoms with Crippen molar-refractivity contribution in [1.29, 1.82) is 0 Å². The van der Waals surface area contributed by atoms with E-state index in [0.29, 0.717) is 18.4 Å². The quantitative estimate of drug-likeness (QED) is 0.900. The molecular formula is C12H15F2NO2S. The van der Waals surface area contributed by atoms with Gasteiger partial charge in [0.15, 0.2) is 15.7 Å². The highest BCUT2D eigenvalue weighted by Crippen LogP contribution is 2.24. The van der Waals surface area contributed by atoms with Gasteiger partial charge in [-0.05, 0) is 31.4 Å². The van der Waals surface area contributed by atoms with Gasteiger partial charge in [0.2, 0.25) is 0 Å². The highest BCUT2D eigenvalue weighted by atomic mass is 32.2. The predicted molar refractivity (Wildman–Crippen MR) is 66.4 cm³/mol. The molecule has 1 atom stereocenters. The molecule has 6 heteroatoms. The van der Waals surface area contributed by atoms with Gasteiger partial charge in [-0.2, -0.15) is 0 Å². The Balaban J connectivity index is 2.22. The Morgan fingerprint density at radius 3 is 2.72 bits per heavy atom. The van der Waals surface area contributed by atoms with Gasteiger partial charge in [-0.25, -0.2) is 17.2 Å². The van der Waals surface area contributed by atoms with Gasteiger partial charge in [-0.15, -0.1) is 0 Å². The zero-order chi connectivity index (χ0) is 13.3. The van der Waals surface area contributed by atoms with Crippen LogP contribution in [0.4, 0.5) is 14.5 Å². The standard InChI is InChI=1S/C12H15F2NO2S/c1-8-4-5-10(13)12(11(8)14)15-9-3-2-6-18(16,17)7-9/h4-5,9,15H,2-3,6-7H2,1H3. The smallest absolute Gasteiger partial charge is 0.152 e. The molecule has 2 rings (SSSR count). The molecule has 0 saturated carbocycles. The Kier molecular flexibility index (Phi) is 3.56. The molecule has 0 spiro atoms. The minimum absolute atomic E-state index is 0.0696. The number of anilines is 1. The zero-order valence-corrected chi connectivity index (χ0v) is 10.9. The second-order valence-electron chi connectivity index (χ2n) is 4.65. The number of sulfone groups is 1. The van der Waals surface area contributed by atoms with Crippen molar-refractivity contribution < 1.29 is 17.2 Å². The summed E-state index contributed by atoms with van der Waals surface area (Å²) in [6.07, 6.45) is 1.13. The maximum absolute atomic E-state index is 13.8. The van der Waals surface area contributed by atoms with Gasteiger partial charge in [0.1, 0.15) is 11.5 Å². The average molecular weight is 275 g/mol. The fourth-order valence-electron chi connectivity index (χ4n) is 2.13. The summed E-state index contributed by atoms with van der Waals surface area (Å²) in [4.78, 5) is 0. The van der Waals surface area contributed by atoms with Crippen molar-refractivity contribution in [1.82, 2.24) is 0 Å². The van der Waals surface area contributed by atoms with Crippen LogP contribution in [-0.2, 0) is 9.84 Å². The maximum Gasteiger partial charge on any atom is 0.152 e. The van der Waals surface area contributed by atoms with Crippen LogP contribution in [0.1, 0.15) is 18.4 Å².